The number of aromatic hydroxyl groups is 2. The molecule has 0 radical (unpaired) electrons. The van der Waals surface area contributed by atoms with Crippen molar-refractivity contribution in [1.82, 2.24) is 10.0 Å². The van der Waals surface area contributed by atoms with Crippen molar-refractivity contribution in [2.24, 2.45) is 0 Å². The Bertz CT molecular complexity index is 556. The third-order valence-corrected chi connectivity index (χ3v) is 3.73. The van der Waals surface area contributed by atoms with Crippen molar-refractivity contribution < 1.29 is 23.4 Å². The first-order valence-electron chi connectivity index (χ1n) is 5.63. The summed E-state index contributed by atoms with van der Waals surface area (Å²) in [5, 5.41) is 20.7. The molecule has 0 heterocycles. The topological polar surface area (TPSA) is 116 Å². The fourth-order valence-corrected chi connectivity index (χ4v) is 2.31. The molecule has 7 nitrogen and oxygen atoms in total. The Hall–Kier alpha value is -1.80. The van der Waals surface area contributed by atoms with Crippen LogP contribution in [-0.4, -0.2) is 43.4 Å². The van der Waals surface area contributed by atoms with Gasteiger partial charge in [0.05, 0.1) is 5.75 Å². The number of rotatable bonds is 6. The SMILES string of the molecule is CCNS(=O)(=O)CCNC(=O)c1ccc(O)c(O)c1. The highest BCUT2D eigenvalue weighted by Crippen LogP contribution is 2.24. The van der Waals surface area contributed by atoms with Crippen molar-refractivity contribution in [3.63, 3.8) is 0 Å². The maximum atomic E-state index is 11.6. The molecule has 1 rings (SSSR count). The number of carbonyl (C=O) groups excluding carboxylic acids is 1. The molecule has 0 spiro atoms. The van der Waals surface area contributed by atoms with Gasteiger partial charge in [-0.1, -0.05) is 6.92 Å². The van der Waals surface area contributed by atoms with E-state index >= 15 is 0 Å². The number of phenolic OH excluding ortho intramolecular Hbond substituents is 2. The van der Waals surface area contributed by atoms with Crippen LogP contribution in [0.4, 0.5) is 0 Å². The van der Waals surface area contributed by atoms with Crippen LogP contribution in [0.3, 0.4) is 0 Å². The van der Waals surface area contributed by atoms with Crippen LogP contribution in [0.15, 0.2) is 18.2 Å². The number of carbonyl (C=O) groups is 1. The van der Waals surface area contributed by atoms with Crippen LogP contribution in [0.5, 0.6) is 11.5 Å². The van der Waals surface area contributed by atoms with Crippen LogP contribution in [0, 0.1) is 0 Å². The average molecular weight is 288 g/mol. The Labute approximate surface area is 111 Å². The fraction of sp³-hybridized carbons (Fsp3) is 0.364. The van der Waals surface area contributed by atoms with Crippen LogP contribution >= 0.6 is 0 Å². The van der Waals surface area contributed by atoms with Crippen molar-refractivity contribution in [2.75, 3.05) is 18.8 Å². The molecular formula is C11H16N2O5S. The molecule has 0 saturated carbocycles. The summed E-state index contributed by atoms with van der Waals surface area (Å²) in [6.07, 6.45) is 0. The molecule has 0 aliphatic rings. The lowest BCUT2D eigenvalue weighted by atomic mass is 10.2. The second kappa shape index (κ2) is 6.39. The first-order valence-corrected chi connectivity index (χ1v) is 7.28. The normalized spacial score (nSPS) is 11.2. The number of hydrogen-bond donors (Lipinski definition) is 4. The Morgan fingerprint density at radius 3 is 2.53 bits per heavy atom. The van der Waals surface area contributed by atoms with E-state index in [1.807, 2.05) is 0 Å². The number of hydrogen-bond acceptors (Lipinski definition) is 5. The van der Waals surface area contributed by atoms with E-state index in [4.69, 9.17) is 5.11 Å². The summed E-state index contributed by atoms with van der Waals surface area (Å²) in [6, 6.07) is 3.60. The highest BCUT2D eigenvalue weighted by molar-refractivity contribution is 7.89. The average Bonchev–Trinajstić information content (AvgIpc) is 2.32. The predicted molar refractivity (Wildman–Crippen MR) is 69.6 cm³/mol. The van der Waals surface area contributed by atoms with Gasteiger partial charge in [-0.2, -0.15) is 0 Å². The van der Waals surface area contributed by atoms with E-state index in [0.29, 0.717) is 6.54 Å². The van der Waals surface area contributed by atoms with Crippen molar-refractivity contribution in [3.8, 4) is 11.5 Å². The van der Waals surface area contributed by atoms with Crippen molar-refractivity contribution in [2.45, 2.75) is 6.92 Å². The van der Waals surface area contributed by atoms with Crippen LogP contribution in [0.1, 0.15) is 17.3 Å². The Morgan fingerprint density at radius 2 is 1.95 bits per heavy atom. The van der Waals surface area contributed by atoms with Gasteiger partial charge < -0.3 is 15.5 Å². The highest BCUT2D eigenvalue weighted by atomic mass is 32.2. The smallest absolute Gasteiger partial charge is 0.251 e. The van der Waals surface area contributed by atoms with Crippen LogP contribution in [0.25, 0.3) is 0 Å². The van der Waals surface area contributed by atoms with E-state index in [9.17, 15) is 18.3 Å². The molecule has 19 heavy (non-hydrogen) atoms. The molecule has 0 atom stereocenters. The van der Waals surface area contributed by atoms with E-state index in [2.05, 4.69) is 10.0 Å². The second-order valence-electron chi connectivity index (χ2n) is 3.78. The van der Waals surface area contributed by atoms with Crippen molar-refractivity contribution in [1.29, 1.82) is 0 Å². The lowest BCUT2D eigenvalue weighted by molar-refractivity contribution is 0.0955. The van der Waals surface area contributed by atoms with Gasteiger partial charge >= 0.3 is 0 Å². The maximum Gasteiger partial charge on any atom is 0.251 e. The molecule has 0 fully saturated rings. The Balaban J connectivity index is 2.54. The molecule has 0 aromatic heterocycles. The number of phenols is 2. The molecule has 0 saturated heterocycles. The fourth-order valence-electron chi connectivity index (χ4n) is 1.36. The van der Waals surface area contributed by atoms with Crippen LogP contribution in [0.2, 0.25) is 0 Å². The number of benzene rings is 1. The van der Waals surface area contributed by atoms with E-state index in [1.165, 1.54) is 12.1 Å². The molecule has 106 valence electrons. The minimum Gasteiger partial charge on any atom is -0.504 e. The Kier molecular flexibility index (Phi) is 5.13. The first-order chi connectivity index (χ1) is 8.85. The summed E-state index contributed by atoms with van der Waals surface area (Å²) in [6.45, 7) is 1.91. The van der Waals surface area contributed by atoms with Gasteiger partial charge in [0.2, 0.25) is 10.0 Å². The zero-order chi connectivity index (χ0) is 14.5. The van der Waals surface area contributed by atoms with Crippen molar-refractivity contribution in [3.05, 3.63) is 23.8 Å². The zero-order valence-electron chi connectivity index (χ0n) is 10.4. The third kappa shape index (κ3) is 4.76. The lowest BCUT2D eigenvalue weighted by Gasteiger charge is -2.07. The van der Waals surface area contributed by atoms with Gasteiger partial charge in [-0.3, -0.25) is 4.79 Å². The Morgan fingerprint density at radius 1 is 1.26 bits per heavy atom. The third-order valence-electron chi connectivity index (χ3n) is 2.26. The minimum absolute atomic E-state index is 0.0458. The van der Waals surface area contributed by atoms with E-state index in [0.717, 1.165) is 6.07 Å². The first kappa shape index (κ1) is 15.3. The number of sulfonamides is 1. The molecule has 0 aliphatic carbocycles. The summed E-state index contributed by atoms with van der Waals surface area (Å²) in [4.78, 5) is 11.6. The van der Waals surface area contributed by atoms with Gasteiger partial charge in [0.15, 0.2) is 11.5 Å². The van der Waals surface area contributed by atoms with Gasteiger partial charge in [0.25, 0.3) is 5.91 Å². The van der Waals surface area contributed by atoms with Gasteiger partial charge in [0.1, 0.15) is 0 Å². The maximum absolute atomic E-state index is 11.6. The molecule has 1 aromatic rings. The number of nitrogens with one attached hydrogen (secondary N) is 2. The summed E-state index contributed by atoms with van der Waals surface area (Å²) < 4.78 is 24.9. The standard InChI is InChI=1S/C11H16N2O5S/c1-2-13-19(17,18)6-5-12-11(16)8-3-4-9(14)10(15)7-8/h3-4,7,13-15H,2,5-6H2,1H3,(H,12,16). The molecule has 0 unspecified atom stereocenters. The van der Waals surface area contributed by atoms with Gasteiger partial charge in [-0.15, -0.1) is 0 Å². The molecule has 1 amide bonds. The largest absolute Gasteiger partial charge is 0.504 e. The van der Waals surface area contributed by atoms with Gasteiger partial charge in [0, 0.05) is 18.7 Å². The second-order valence-corrected chi connectivity index (χ2v) is 5.70. The molecule has 4 N–H and O–H groups in total. The molecule has 0 aliphatic heterocycles. The van der Waals surface area contributed by atoms with E-state index < -0.39 is 21.7 Å². The highest BCUT2D eigenvalue weighted by Gasteiger charge is 2.11. The predicted octanol–water partition coefficient (Wildman–Crippen LogP) is -0.233. The van der Waals surface area contributed by atoms with Gasteiger partial charge in [-0.25, -0.2) is 13.1 Å². The van der Waals surface area contributed by atoms with E-state index in [1.54, 1.807) is 6.92 Å². The van der Waals surface area contributed by atoms with E-state index in [-0.39, 0.29) is 23.6 Å². The molecule has 8 heteroatoms. The van der Waals surface area contributed by atoms with Crippen molar-refractivity contribution >= 4 is 15.9 Å². The number of amides is 1. The zero-order valence-corrected chi connectivity index (χ0v) is 11.2. The summed E-state index contributed by atoms with van der Waals surface area (Å²) in [5.74, 6) is -1.49. The van der Waals surface area contributed by atoms with Crippen LogP contribution < -0.4 is 10.0 Å². The monoisotopic (exact) mass is 288 g/mol. The summed E-state index contributed by atoms with van der Waals surface area (Å²) >= 11 is 0. The van der Waals surface area contributed by atoms with Gasteiger partial charge in [-0.05, 0) is 18.2 Å². The lowest BCUT2D eigenvalue weighted by Crippen LogP contribution is -2.34. The molecule has 0 bridgehead atoms. The summed E-state index contributed by atoms with van der Waals surface area (Å²) in [7, 11) is -3.38. The summed E-state index contributed by atoms with van der Waals surface area (Å²) in [5.41, 5.74) is 0.135. The molecular weight excluding hydrogens is 272 g/mol. The minimum atomic E-state index is -3.38. The quantitative estimate of drug-likeness (QED) is 0.539. The molecule has 1 aromatic carbocycles. The van der Waals surface area contributed by atoms with Crippen LogP contribution in [-0.2, 0) is 10.0 Å².